The summed E-state index contributed by atoms with van der Waals surface area (Å²) in [6.45, 7) is 1.61. The van der Waals surface area contributed by atoms with Gasteiger partial charge in [-0.3, -0.25) is 4.79 Å². The smallest absolute Gasteiger partial charge is 0.240 e. The van der Waals surface area contributed by atoms with Crippen molar-refractivity contribution in [3.63, 3.8) is 0 Å². The fourth-order valence-electron chi connectivity index (χ4n) is 3.31. The van der Waals surface area contributed by atoms with Crippen LogP contribution in [0, 0.1) is 0 Å². The van der Waals surface area contributed by atoms with Gasteiger partial charge in [0.15, 0.2) is 0 Å². The molecule has 2 atom stereocenters. The molecule has 2 aliphatic rings. The first kappa shape index (κ1) is 13.6. The molecular formula is C16H22N2O2. The number of hydrogen-bond donors (Lipinski definition) is 2. The van der Waals surface area contributed by atoms with E-state index in [1.165, 1.54) is 11.1 Å². The summed E-state index contributed by atoms with van der Waals surface area (Å²) in [5.74, 6) is 0.151. The lowest BCUT2D eigenvalue weighted by molar-refractivity contribution is -0.138. The first-order chi connectivity index (χ1) is 9.79. The van der Waals surface area contributed by atoms with E-state index >= 15 is 0 Å². The van der Waals surface area contributed by atoms with E-state index in [4.69, 9.17) is 0 Å². The van der Waals surface area contributed by atoms with Crippen molar-refractivity contribution in [2.24, 2.45) is 0 Å². The lowest BCUT2D eigenvalue weighted by atomic mass is 9.93. The van der Waals surface area contributed by atoms with Crippen molar-refractivity contribution in [3.8, 4) is 0 Å². The summed E-state index contributed by atoms with van der Waals surface area (Å²) in [4.78, 5) is 14.6. The summed E-state index contributed by atoms with van der Waals surface area (Å²) in [5.41, 5.74) is 2.55. The van der Waals surface area contributed by atoms with Crippen molar-refractivity contribution in [1.82, 2.24) is 10.2 Å². The van der Waals surface area contributed by atoms with E-state index in [1.807, 2.05) is 17.0 Å². The Morgan fingerprint density at radius 3 is 2.90 bits per heavy atom. The van der Waals surface area contributed by atoms with E-state index in [2.05, 4.69) is 17.4 Å². The maximum absolute atomic E-state index is 12.7. The van der Waals surface area contributed by atoms with Gasteiger partial charge in [0.1, 0.15) is 0 Å². The molecular weight excluding hydrogens is 252 g/mol. The summed E-state index contributed by atoms with van der Waals surface area (Å²) in [5, 5.41) is 12.8. The number of carbonyl (C=O) groups excluding carboxylic acids is 1. The molecule has 0 saturated carbocycles. The highest BCUT2D eigenvalue weighted by Crippen LogP contribution is 2.21. The Kier molecular flexibility index (Phi) is 4.03. The molecule has 1 fully saturated rings. The van der Waals surface area contributed by atoms with Gasteiger partial charge in [-0.05, 0) is 36.8 Å². The second kappa shape index (κ2) is 5.94. The van der Waals surface area contributed by atoms with Crippen LogP contribution in [0.15, 0.2) is 24.3 Å². The summed E-state index contributed by atoms with van der Waals surface area (Å²) < 4.78 is 0. The quantitative estimate of drug-likeness (QED) is 0.848. The minimum Gasteiger partial charge on any atom is -0.394 e. The van der Waals surface area contributed by atoms with Gasteiger partial charge in [0, 0.05) is 13.1 Å². The van der Waals surface area contributed by atoms with E-state index in [0.29, 0.717) is 0 Å². The minimum atomic E-state index is -0.142. The number of fused-ring (bicyclic) bond motifs is 1. The van der Waals surface area contributed by atoms with Gasteiger partial charge >= 0.3 is 0 Å². The fraction of sp³-hybridized carbons (Fsp3) is 0.562. The number of nitrogens with zero attached hydrogens (tertiary/aromatic N) is 1. The predicted octanol–water partition coefficient (Wildman–Crippen LogP) is 1.07. The van der Waals surface area contributed by atoms with Crippen LogP contribution < -0.4 is 5.32 Å². The molecule has 1 aromatic rings. The Balaban J connectivity index is 1.72. The van der Waals surface area contributed by atoms with E-state index < -0.39 is 0 Å². The number of aliphatic hydroxyl groups excluding tert-OH is 1. The Hall–Kier alpha value is -1.39. The maximum atomic E-state index is 12.7. The molecule has 1 saturated heterocycles. The number of carbonyl (C=O) groups is 1. The number of rotatable bonds is 2. The minimum absolute atomic E-state index is 0.00946. The molecule has 2 heterocycles. The third kappa shape index (κ3) is 2.58. The zero-order valence-corrected chi connectivity index (χ0v) is 11.7. The Labute approximate surface area is 119 Å². The molecule has 0 aliphatic carbocycles. The van der Waals surface area contributed by atoms with E-state index in [9.17, 15) is 9.90 Å². The number of likely N-dealkylation sites (tertiary alicyclic amines) is 1. The number of benzene rings is 1. The van der Waals surface area contributed by atoms with Crippen molar-refractivity contribution < 1.29 is 9.90 Å². The van der Waals surface area contributed by atoms with Gasteiger partial charge in [-0.15, -0.1) is 0 Å². The van der Waals surface area contributed by atoms with Crippen LogP contribution in [0.1, 0.15) is 30.4 Å². The van der Waals surface area contributed by atoms with Crippen molar-refractivity contribution in [3.05, 3.63) is 35.4 Å². The van der Waals surface area contributed by atoms with Crippen LogP contribution in [0.25, 0.3) is 0 Å². The van der Waals surface area contributed by atoms with E-state index in [-0.39, 0.29) is 24.6 Å². The lowest BCUT2D eigenvalue weighted by Crippen LogP contribution is -2.54. The Bertz CT molecular complexity index is 489. The van der Waals surface area contributed by atoms with Gasteiger partial charge in [-0.1, -0.05) is 24.3 Å². The third-order valence-corrected chi connectivity index (χ3v) is 4.50. The van der Waals surface area contributed by atoms with E-state index in [0.717, 1.165) is 38.8 Å². The normalized spacial score (nSPS) is 26.1. The van der Waals surface area contributed by atoms with Crippen LogP contribution in [-0.4, -0.2) is 41.1 Å². The van der Waals surface area contributed by atoms with E-state index in [1.54, 1.807) is 0 Å². The Morgan fingerprint density at radius 1 is 1.30 bits per heavy atom. The molecule has 3 rings (SSSR count). The molecule has 1 aromatic carbocycles. The predicted molar refractivity (Wildman–Crippen MR) is 77.2 cm³/mol. The van der Waals surface area contributed by atoms with Crippen molar-refractivity contribution in [2.45, 2.75) is 44.3 Å². The number of piperidine rings is 1. The summed E-state index contributed by atoms with van der Waals surface area (Å²) in [7, 11) is 0. The first-order valence-corrected chi connectivity index (χ1v) is 7.51. The standard InChI is InChI=1S/C16H22N2O2/c19-11-14-7-3-4-8-18(14)16(20)15-9-12-5-1-2-6-13(12)10-17-15/h1-2,5-6,14-15,17,19H,3-4,7-11H2. The average molecular weight is 274 g/mol. The van der Waals surface area contributed by atoms with Crippen LogP contribution in [0.5, 0.6) is 0 Å². The summed E-state index contributed by atoms with van der Waals surface area (Å²) in [6, 6.07) is 8.15. The topological polar surface area (TPSA) is 52.6 Å². The molecule has 2 aliphatic heterocycles. The van der Waals surface area contributed by atoms with Gasteiger partial charge in [0.05, 0.1) is 18.7 Å². The summed E-state index contributed by atoms with van der Waals surface area (Å²) in [6.07, 6.45) is 3.83. The molecule has 1 amide bonds. The number of nitrogens with one attached hydrogen (secondary N) is 1. The monoisotopic (exact) mass is 274 g/mol. The highest BCUT2D eigenvalue weighted by molar-refractivity contribution is 5.83. The van der Waals surface area contributed by atoms with Crippen molar-refractivity contribution in [1.29, 1.82) is 0 Å². The third-order valence-electron chi connectivity index (χ3n) is 4.50. The maximum Gasteiger partial charge on any atom is 0.240 e. The molecule has 108 valence electrons. The van der Waals surface area contributed by atoms with Crippen LogP contribution in [0.3, 0.4) is 0 Å². The molecule has 20 heavy (non-hydrogen) atoms. The van der Waals surface area contributed by atoms with Crippen LogP contribution >= 0.6 is 0 Å². The van der Waals surface area contributed by atoms with Gasteiger partial charge in [-0.2, -0.15) is 0 Å². The zero-order valence-electron chi connectivity index (χ0n) is 11.7. The molecule has 0 bridgehead atoms. The largest absolute Gasteiger partial charge is 0.394 e. The molecule has 4 nitrogen and oxygen atoms in total. The SMILES string of the molecule is O=C(C1Cc2ccccc2CN1)N1CCCCC1CO. The highest BCUT2D eigenvalue weighted by atomic mass is 16.3. The van der Waals surface area contributed by atoms with Gasteiger partial charge in [-0.25, -0.2) is 0 Å². The molecule has 2 N–H and O–H groups in total. The zero-order chi connectivity index (χ0) is 13.9. The number of aliphatic hydroxyl groups is 1. The van der Waals surface area contributed by atoms with Gasteiger partial charge in [0.2, 0.25) is 5.91 Å². The lowest BCUT2D eigenvalue weighted by Gasteiger charge is -2.38. The second-order valence-electron chi connectivity index (χ2n) is 5.77. The Morgan fingerprint density at radius 2 is 2.10 bits per heavy atom. The second-order valence-corrected chi connectivity index (χ2v) is 5.77. The molecule has 0 spiro atoms. The van der Waals surface area contributed by atoms with Crippen LogP contribution in [-0.2, 0) is 17.8 Å². The van der Waals surface area contributed by atoms with Gasteiger partial charge in [0.25, 0.3) is 0 Å². The molecule has 0 radical (unpaired) electrons. The van der Waals surface area contributed by atoms with Gasteiger partial charge < -0.3 is 15.3 Å². The molecule has 2 unspecified atom stereocenters. The van der Waals surface area contributed by atoms with Crippen molar-refractivity contribution >= 4 is 5.91 Å². The van der Waals surface area contributed by atoms with Crippen LogP contribution in [0.2, 0.25) is 0 Å². The molecule has 0 aromatic heterocycles. The highest BCUT2D eigenvalue weighted by Gasteiger charge is 2.32. The number of hydrogen-bond acceptors (Lipinski definition) is 3. The fourth-order valence-corrected chi connectivity index (χ4v) is 3.31. The summed E-state index contributed by atoms with van der Waals surface area (Å²) >= 11 is 0. The average Bonchev–Trinajstić information content (AvgIpc) is 2.53. The first-order valence-electron chi connectivity index (χ1n) is 7.51. The van der Waals surface area contributed by atoms with Crippen LogP contribution in [0.4, 0.5) is 0 Å². The van der Waals surface area contributed by atoms with Crippen molar-refractivity contribution in [2.75, 3.05) is 13.2 Å². The number of amides is 1. The molecule has 4 heteroatoms.